The molecule has 6 N–H and O–H groups in total. The molecule has 166 valence electrons. The molecule has 0 atom stereocenters. The van der Waals surface area contributed by atoms with Crippen LogP contribution in [0.3, 0.4) is 0 Å². The molecule has 3 aromatic carbocycles. The van der Waals surface area contributed by atoms with Crippen LogP contribution >= 0.6 is 0 Å². The molecule has 0 saturated heterocycles. The lowest BCUT2D eigenvalue weighted by atomic mass is 10.1. The standard InChI is InChI=1S/C24H21N5O3S/c25-21-13-14-22(28-23(21)29-26)16-5-4-6-17(15-16)24(30)27-18-9-11-20(12-10-18)33(31,32)19-7-2-1-3-8-19/h1-15H,25-26H2,(H,27,30)(H,28,29). The molecule has 4 aromatic rings. The third-order valence-corrected chi connectivity index (χ3v) is 6.75. The van der Waals surface area contributed by atoms with Gasteiger partial charge in [0.05, 0.1) is 21.2 Å². The van der Waals surface area contributed by atoms with E-state index in [1.165, 1.54) is 12.1 Å². The molecule has 0 unspecified atom stereocenters. The summed E-state index contributed by atoms with van der Waals surface area (Å²) in [5.41, 5.74) is 10.9. The quantitative estimate of drug-likeness (QED) is 0.254. The molecule has 4 rings (SSSR count). The van der Waals surface area contributed by atoms with Crippen molar-refractivity contribution in [3.63, 3.8) is 0 Å². The Balaban J connectivity index is 1.53. The van der Waals surface area contributed by atoms with Crippen LogP contribution in [0.5, 0.6) is 0 Å². The number of nitrogens with one attached hydrogen (secondary N) is 2. The average molecular weight is 460 g/mol. The molecular weight excluding hydrogens is 438 g/mol. The Morgan fingerprint density at radius 1 is 0.818 bits per heavy atom. The van der Waals surface area contributed by atoms with E-state index in [0.717, 1.165) is 0 Å². The number of pyridine rings is 1. The van der Waals surface area contributed by atoms with Gasteiger partial charge in [-0.15, -0.1) is 0 Å². The van der Waals surface area contributed by atoms with Crippen molar-refractivity contribution in [2.75, 3.05) is 16.5 Å². The van der Waals surface area contributed by atoms with Crippen molar-refractivity contribution in [3.8, 4) is 11.3 Å². The van der Waals surface area contributed by atoms with E-state index in [2.05, 4.69) is 15.7 Å². The first-order valence-electron chi connectivity index (χ1n) is 9.93. The summed E-state index contributed by atoms with van der Waals surface area (Å²) in [5.74, 6) is 5.43. The van der Waals surface area contributed by atoms with Crippen molar-refractivity contribution in [2.24, 2.45) is 5.84 Å². The summed E-state index contributed by atoms with van der Waals surface area (Å²) in [6.07, 6.45) is 0. The molecule has 0 aliphatic rings. The number of nitrogens with two attached hydrogens (primary N) is 2. The number of sulfone groups is 1. The molecule has 1 aromatic heterocycles. The second-order valence-electron chi connectivity index (χ2n) is 7.15. The number of nitrogen functional groups attached to an aromatic ring is 2. The fourth-order valence-electron chi connectivity index (χ4n) is 3.22. The Labute approximate surface area is 191 Å². The van der Waals surface area contributed by atoms with Gasteiger partial charge in [-0.2, -0.15) is 0 Å². The van der Waals surface area contributed by atoms with Gasteiger partial charge in [0.25, 0.3) is 5.91 Å². The second-order valence-corrected chi connectivity index (χ2v) is 9.10. The highest BCUT2D eigenvalue weighted by molar-refractivity contribution is 7.91. The van der Waals surface area contributed by atoms with E-state index in [4.69, 9.17) is 11.6 Å². The van der Waals surface area contributed by atoms with Gasteiger partial charge < -0.3 is 16.5 Å². The fourth-order valence-corrected chi connectivity index (χ4v) is 4.50. The summed E-state index contributed by atoms with van der Waals surface area (Å²) in [5, 5.41) is 2.78. The number of aromatic nitrogens is 1. The van der Waals surface area contributed by atoms with Gasteiger partial charge in [0, 0.05) is 16.8 Å². The largest absolute Gasteiger partial charge is 0.396 e. The smallest absolute Gasteiger partial charge is 0.255 e. The predicted molar refractivity (Wildman–Crippen MR) is 128 cm³/mol. The van der Waals surface area contributed by atoms with Crippen molar-refractivity contribution in [3.05, 3.63) is 96.6 Å². The van der Waals surface area contributed by atoms with Crippen LogP contribution in [0.2, 0.25) is 0 Å². The predicted octanol–water partition coefficient (Wildman–Crippen LogP) is 3.70. The summed E-state index contributed by atoms with van der Waals surface area (Å²) in [6, 6.07) is 24.6. The van der Waals surface area contributed by atoms with E-state index in [1.54, 1.807) is 72.8 Å². The number of hydrazine groups is 1. The number of rotatable bonds is 6. The first kappa shape index (κ1) is 22.0. The van der Waals surface area contributed by atoms with Crippen molar-refractivity contribution < 1.29 is 13.2 Å². The van der Waals surface area contributed by atoms with Gasteiger partial charge in [0.2, 0.25) is 9.84 Å². The van der Waals surface area contributed by atoms with Crippen LogP contribution in [0, 0.1) is 0 Å². The molecule has 0 aliphatic heterocycles. The van der Waals surface area contributed by atoms with Crippen LogP contribution in [-0.2, 0) is 9.84 Å². The van der Waals surface area contributed by atoms with Crippen LogP contribution in [-0.4, -0.2) is 19.3 Å². The average Bonchev–Trinajstić information content (AvgIpc) is 2.85. The lowest BCUT2D eigenvalue weighted by Gasteiger charge is -2.10. The molecule has 33 heavy (non-hydrogen) atoms. The number of nitrogens with zero attached hydrogens (tertiary/aromatic N) is 1. The number of hydrogen-bond acceptors (Lipinski definition) is 7. The highest BCUT2D eigenvalue weighted by Crippen LogP contribution is 2.25. The minimum atomic E-state index is -3.62. The van der Waals surface area contributed by atoms with E-state index in [0.29, 0.717) is 34.0 Å². The number of carbonyl (C=O) groups is 1. The highest BCUT2D eigenvalue weighted by atomic mass is 32.2. The van der Waals surface area contributed by atoms with Crippen LogP contribution in [0.4, 0.5) is 17.2 Å². The molecule has 9 heteroatoms. The molecule has 0 radical (unpaired) electrons. The van der Waals surface area contributed by atoms with E-state index in [1.807, 2.05) is 6.07 Å². The molecule has 8 nitrogen and oxygen atoms in total. The van der Waals surface area contributed by atoms with Crippen LogP contribution in [0.25, 0.3) is 11.3 Å². The number of benzene rings is 3. The summed E-state index contributed by atoms with van der Waals surface area (Å²) >= 11 is 0. The maximum Gasteiger partial charge on any atom is 0.255 e. The zero-order chi connectivity index (χ0) is 23.4. The summed E-state index contributed by atoms with van der Waals surface area (Å²) in [6.45, 7) is 0. The Morgan fingerprint density at radius 2 is 1.52 bits per heavy atom. The molecular formula is C24H21N5O3S. The van der Waals surface area contributed by atoms with Crippen molar-refractivity contribution >= 4 is 32.9 Å². The number of carbonyl (C=O) groups excluding carboxylic acids is 1. The Hall–Kier alpha value is -4.21. The number of hydrogen-bond donors (Lipinski definition) is 4. The Bertz CT molecular complexity index is 1410. The maximum atomic E-state index is 12.8. The lowest BCUT2D eigenvalue weighted by molar-refractivity contribution is 0.102. The Kier molecular flexibility index (Phi) is 6.07. The highest BCUT2D eigenvalue weighted by Gasteiger charge is 2.17. The van der Waals surface area contributed by atoms with Crippen LogP contribution in [0.15, 0.2) is 101 Å². The Morgan fingerprint density at radius 3 is 2.21 bits per heavy atom. The van der Waals surface area contributed by atoms with E-state index < -0.39 is 9.84 Å². The summed E-state index contributed by atoms with van der Waals surface area (Å²) in [4.78, 5) is 17.5. The van der Waals surface area contributed by atoms with E-state index >= 15 is 0 Å². The van der Waals surface area contributed by atoms with Crippen molar-refractivity contribution in [2.45, 2.75) is 9.79 Å². The summed E-state index contributed by atoms with van der Waals surface area (Å²) in [7, 11) is -3.62. The molecule has 0 bridgehead atoms. The van der Waals surface area contributed by atoms with Gasteiger partial charge in [0.15, 0.2) is 5.82 Å². The third kappa shape index (κ3) is 4.69. The molecule has 1 heterocycles. The lowest BCUT2D eigenvalue weighted by Crippen LogP contribution is -2.12. The second kappa shape index (κ2) is 9.11. The third-order valence-electron chi connectivity index (χ3n) is 4.96. The minimum Gasteiger partial charge on any atom is -0.396 e. The molecule has 0 aliphatic carbocycles. The molecule has 0 saturated carbocycles. The summed E-state index contributed by atoms with van der Waals surface area (Å²) < 4.78 is 25.4. The van der Waals surface area contributed by atoms with Gasteiger partial charge in [-0.3, -0.25) is 4.79 Å². The SMILES string of the molecule is NNc1nc(-c2cccc(C(=O)Nc3ccc(S(=O)(=O)c4ccccc4)cc3)c2)ccc1N. The molecule has 0 spiro atoms. The number of anilines is 3. The van der Waals surface area contributed by atoms with Crippen molar-refractivity contribution in [1.82, 2.24) is 4.98 Å². The van der Waals surface area contributed by atoms with Gasteiger partial charge in [0.1, 0.15) is 0 Å². The molecule has 0 fully saturated rings. The van der Waals surface area contributed by atoms with Crippen LogP contribution in [0.1, 0.15) is 10.4 Å². The van der Waals surface area contributed by atoms with Crippen LogP contribution < -0.4 is 22.3 Å². The van der Waals surface area contributed by atoms with Gasteiger partial charge in [-0.25, -0.2) is 19.2 Å². The zero-order valence-corrected chi connectivity index (χ0v) is 18.2. The topological polar surface area (TPSA) is 140 Å². The van der Waals surface area contributed by atoms with Gasteiger partial charge in [-0.05, 0) is 60.7 Å². The first-order valence-corrected chi connectivity index (χ1v) is 11.4. The monoisotopic (exact) mass is 459 g/mol. The van der Waals surface area contributed by atoms with Gasteiger partial charge >= 0.3 is 0 Å². The number of amides is 1. The van der Waals surface area contributed by atoms with Crippen molar-refractivity contribution in [1.29, 1.82) is 0 Å². The first-order chi connectivity index (χ1) is 15.9. The normalized spacial score (nSPS) is 11.1. The maximum absolute atomic E-state index is 12.8. The minimum absolute atomic E-state index is 0.146. The fraction of sp³-hybridized carbons (Fsp3) is 0. The molecule has 1 amide bonds. The van der Waals surface area contributed by atoms with Gasteiger partial charge in [-0.1, -0.05) is 30.3 Å². The van der Waals surface area contributed by atoms with E-state index in [9.17, 15) is 13.2 Å². The van der Waals surface area contributed by atoms with E-state index in [-0.39, 0.29) is 15.7 Å². The zero-order valence-electron chi connectivity index (χ0n) is 17.4.